The summed E-state index contributed by atoms with van der Waals surface area (Å²) in [5, 5.41) is 7.71. The van der Waals surface area contributed by atoms with E-state index in [0.717, 1.165) is 11.9 Å². The summed E-state index contributed by atoms with van der Waals surface area (Å²) in [7, 11) is 0. The highest BCUT2D eigenvalue weighted by atomic mass is 19.1. The topological polar surface area (TPSA) is 64.7 Å². The quantitative estimate of drug-likeness (QED) is 0.705. The number of nitrogens with zero attached hydrogens (tertiary/aromatic N) is 4. The second-order valence-electron chi connectivity index (χ2n) is 3.93. The molecule has 94 valence electrons. The maximum atomic E-state index is 13.5. The van der Waals surface area contributed by atoms with E-state index in [1.165, 1.54) is 12.3 Å². The van der Waals surface area contributed by atoms with E-state index in [4.69, 9.17) is 4.42 Å². The van der Waals surface area contributed by atoms with Crippen LogP contribution in [0.15, 0.2) is 41.1 Å². The molecule has 0 N–H and O–H groups in total. The molecule has 19 heavy (non-hydrogen) atoms. The molecule has 0 radical (unpaired) electrons. The Morgan fingerprint density at radius 3 is 2.74 bits per heavy atom. The summed E-state index contributed by atoms with van der Waals surface area (Å²) >= 11 is 0. The number of halogens is 1. The van der Waals surface area contributed by atoms with Gasteiger partial charge in [0.05, 0.1) is 11.8 Å². The summed E-state index contributed by atoms with van der Waals surface area (Å²) in [5.74, 6) is -0.136. The average molecular weight is 256 g/mol. The van der Waals surface area contributed by atoms with Gasteiger partial charge in [-0.1, -0.05) is 6.07 Å². The Morgan fingerprint density at radius 1 is 1.11 bits per heavy atom. The lowest BCUT2D eigenvalue weighted by Crippen LogP contribution is -1.85. The minimum absolute atomic E-state index is 0.109. The van der Waals surface area contributed by atoms with E-state index in [0.29, 0.717) is 5.69 Å². The summed E-state index contributed by atoms with van der Waals surface area (Å²) < 4.78 is 19.0. The van der Waals surface area contributed by atoms with Crippen molar-refractivity contribution in [3.63, 3.8) is 0 Å². The van der Waals surface area contributed by atoms with Gasteiger partial charge in [-0.05, 0) is 25.1 Å². The fourth-order valence-electron chi connectivity index (χ4n) is 1.65. The Kier molecular flexibility index (Phi) is 2.75. The number of rotatable bonds is 2. The van der Waals surface area contributed by atoms with Crippen LogP contribution in [-0.2, 0) is 0 Å². The largest absolute Gasteiger partial charge is 0.414 e. The molecule has 0 saturated heterocycles. The van der Waals surface area contributed by atoms with Gasteiger partial charge in [0.25, 0.3) is 11.8 Å². The van der Waals surface area contributed by atoms with Crippen molar-refractivity contribution >= 4 is 0 Å². The van der Waals surface area contributed by atoms with E-state index in [2.05, 4.69) is 20.2 Å². The van der Waals surface area contributed by atoms with Crippen LogP contribution >= 0.6 is 0 Å². The maximum Gasteiger partial charge on any atom is 0.266 e. The lowest BCUT2D eigenvalue weighted by atomic mass is 10.2. The molecular formula is C13H9FN4O. The van der Waals surface area contributed by atoms with Crippen LogP contribution in [0.3, 0.4) is 0 Å². The van der Waals surface area contributed by atoms with Gasteiger partial charge in [0.1, 0.15) is 5.69 Å². The van der Waals surface area contributed by atoms with Gasteiger partial charge >= 0.3 is 0 Å². The summed E-state index contributed by atoms with van der Waals surface area (Å²) in [6, 6.07) is 6.95. The van der Waals surface area contributed by atoms with Crippen molar-refractivity contribution in [2.24, 2.45) is 0 Å². The maximum absolute atomic E-state index is 13.5. The first-order chi connectivity index (χ1) is 9.24. The van der Waals surface area contributed by atoms with Crippen molar-refractivity contribution in [3.05, 3.63) is 48.2 Å². The second kappa shape index (κ2) is 4.56. The predicted molar refractivity (Wildman–Crippen MR) is 65.5 cm³/mol. The summed E-state index contributed by atoms with van der Waals surface area (Å²) in [4.78, 5) is 7.94. The molecule has 0 aliphatic rings. The molecule has 3 rings (SSSR count). The molecule has 6 heteroatoms. The SMILES string of the molecule is Cc1cccc(-c2nnc(-c3ccncc3F)o2)n1. The van der Waals surface area contributed by atoms with E-state index in [1.54, 1.807) is 6.07 Å². The molecule has 0 saturated carbocycles. The van der Waals surface area contributed by atoms with Gasteiger partial charge in [0.15, 0.2) is 5.82 Å². The monoisotopic (exact) mass is 256 g/mol. The molecule has 0 aliphatic heterocycles. The zero-order valence-electron chi connectivity index (χ0n) is 10.0. The van der Waals surface area contributed by atoms with Gasteiger partial charge in [0.2, 0.25) is 0 Å². The molecule has 0 aliphatic carbocycles. The number of aryl methyl sites for hydroxylation is 1. The lowest BCUT2D eigenvalue weighted by molar-refractivity contribution is 0.567. The molecule has 0 unspecified atom stereocenters. The van der Waals surface area contributed by atoms with Crippen LogP contribution in [0.25, 0.3) is 23.0 Å². The smallest absolute Gasteiger partial charge is 0.266 e. The highest BCUT2D eigenvalue weighted by Crippen LogP contribution is 2.24. The van der Waals surface area contributed by atoms with Gasteiger partial charge < -0.3 is 4.42 Å². The summed E-state index contributed by atoms with van der Waals surface area (Å²) in [5.41, 5.74) is 1.63. The minimum atomic E-state index is -0.505. The number of hydrogen-bond donors (Lipinski definition) is 0. The molecule has 0 atom stereocenters. The number of aromatic nitrogens is 4. The Balaban J connectivity index is 2.03. The molecule has 0 aromatic carbocycles. The Morgan fingerprint density at radius 2 is 1.95 bits per heavy atom. The Labute approximate surface area is 108 Å². The van der Waals surface area contributed by atoms with E-state index < -0.39 is 5.82 Å². The van der Waals surface area contributed by atoms with Crippen molar-refractivity contribution in [3.8, 4) is 23.0 Å². The van der Waals surface area contributed by atoms with Crippen LogP contribution < -0.4 is 0 Å². The van der Waals surface area contributed by atoms with Crippen molar-refractivity contribution in [2.75, 3.05) is 0 Å². The molecular weight excluding hydrogens is 247 g/mol. The molecule has 0 spiro atoms. The third kappa shape index (κ3) is 2.20. The first-order valence-corrected chi connectivity index (χ1v) is 5.61. The Hall–Kier alpha value is -2.63. The third-order valence-corrected chi connectivity index (χ3v) is 2.54. The van der Waals surface area contributed by atoms with Gasteiger partial charge in [-0.2, -0.15) is 0 Å². The van der Waals surface area contributed by atoms with Crippen LogP contribution in [0.2, 0.25) is 0 Å². The van der Waals surface area contributed by atoms with Crippen LogP contribution in [0.5, 0.6) is 0 Å². The molecule has 3 aromatic rings. The molecule has 3 aromatic heterocycles. The van der Waals surface area contributed by atoms with E-state index in [1.807, 2.05) is 19.1 Å². The number of pyridine rings is 2. The second-order valence-corrected chi connectivity index (χ2v) is 3.93. The highest BCUT2D eigenvalue weighted by molar-refractivity contribution is 5.55. The molecule has 5 nitrogen and oxygen atoms in total. The first-order valence-electron chi connectivity index (χ1n) is 5.61. The van der Waals surface area contributed by atoms with Crippen LogP contribution in [0, 0.1) is 12.7 Å². The fraction of sp³-hybridized carbons (Fsp3) is 0.0769. The lowest BCUT2D eigenvalue weighted by Gasteiger charge is -1.96. The zero-order valence-corrected chi connectivity index (χ0v) is 10.0. The molecule has 3 heterocycles. The Bertz CT molecular complexity index is 726. The van der Waals surface area contributed by atoms with E-state index in [9.17, 15) is 4.39 Å². The van der Waals surface area contributed by atoms with Crippen molar-refractivity contribution in [2.45, 2.75) is 6.92 Å². The molecule has 0 amide bonds. The van der Waals surface area contributed by atoms with Gasteiger partial charge in [-0.3, -0.25) is 4.98 Å². The van der Waals surface area contributed by atoms with Crippen LogP contribution in [-0.4, -0.2) is 20.2 Å². The van der Waals surface area contributed by atoms with Crippen molar-refractivity contribution in [1.82, 2.24) is 20.2 Å². The highest BCUT2D eigenvalue weighted by Gasteiger charge is 2.14. The average Bonchev–Trinajstić information content (AvgIpc) is 2.89. The van der Waals surface area contributed by atoms with E-state index >= 15 is 0 Å². The zero-order chi connectivity index (χ0) is 13.2. The van der Waals surface area contributed by atoms with E-state index in [-0.39, 0.29) is 17.3 Å². The minimum Gasteiger partial charge on any atom is -0.414 e. The predicted octanol–water partition coefficient (Wildman–Crippen LogP) is 2.64. The van der Waals surface area contributed by atoms with Crippen LogP contribution in [0.4, 0.5) is 4.39 Å². The summed E-state index contributed by atoms with van der Waals surface area (Å²) in [6.45, 7) is 1.86. The van der Waals surface area contributed by atoms with Gasteiger partial charge in [0, 0.05) is 11.9 Å². The number of hydrogen-bond acceptors (Lipinski definition) is 5. The molecule has 0 fully saturated rings. The van der Waals surface area contributed by atoms with Crippen molar-refractivity contribution < 1.29 is 8.81 Å². The van der Waals surface area contributed by atoms with Gasteiger partial charge in [-0.25, -0.2) is 9.37 Å². The van der Waals surface area contributed by atoms with Gasteiger partial charge in [-0.15, -0.1) is 10.2 Å². The molecule has 0 bridgehead atoms. The normalized spacial score (nSPS) is 10.6. The standard InChI is InChI=1S/C13H9FN4O/c1-8-3-2-4-11(16-8)13-18-17-12(19-13)9-5-6-15-7-10(9)14/h2-7H,1H3. The van der Waals surface area contributed by atoms with Crippen LogP contribution in [0.1, 0.15) is 5.69 Å². The summed E-state index contributed by atoms with van der Waals surface area (Å²) in [6.07, 6.45) is 2.57. The third-order valence-electron chi connectivity index (χ3n) is 2.54. The fourth-order valence-corrected chi connectivity index (χ4v) is 1.65. The first kappa shape index (κ1) is 11.5. The van der Waals surface area contributed by atoms with Crippen molar-refractivity contribution in [1.29, 1.82) is 0 Å².